The van der Waals surface area contributed by atoms with Gasteiger partial charge in [-0.15, -0.1) is 0 Å². The standard InChI is InChI=1S/C35H37N/c1-7-9-21-33-32(25-34(3,4)35(5,6)36-33)22-26(8-2)28-17-13-19-30(23-28)31-20-14-18-29(24-31)27-15-11-10-12-16-27/h7-25,33,36H,1-2H2,3-6H3/b21-9-,26-22+. The van der Waals surface area contributed by atoms with Gasteiger partial charge in [0.1, 0.15) is 0 Å². The van der Waals surface area contributed by atoms with Crippen LogP contribution in [0.5, 0.6) is 0 Å². The topological polar surface area (TPSA) is 12.0 Å². The Balaban J connectivity index is 1.73. The quantitative estimate of drug-likeness (QED) is 0.339. The molecule has 1 aliphatic rings. The molecule has 0 fully saturated rings. The van der Waals surface area contributed by atoms with Gasteiger partial charge >= 0.3 is 0 Å². The molecule has 1 atom stereocenters. The van der Waals surface area contributed by atoms with Gasteiger partial charge in [-0.3, -0.25) is 0 Å². The Bertz CT molecular complexity index is 1330. The van der Waals surface area contributed by atoms with E-state index in [0.717, 1.165) is 11.1 Å². The van der Waals surface area contributed by atoms with Crippen molar-refractivity contribution in [2.75, 3.05) is 0 Å². The van der Waals surface area contributed by atoms with Gasteiger partial charge in [-0.2, -0.15) is 0 Å². The Morgan fingerprint density at radius 3 is 2.06 bits per heavy atom. The van der Waals surface area contributed by atoms with Crippen LogP contribution in [-0.4, -0.2) is 11.6 Å². The molecular weight excluding hydrogens is 434 g/mol. The van der Waals surface area contributed by atoms with E-state index in [1.54, 1.807) is 0 Å². The van der Waals surface area contributed by atoms with Crippen molar-refractivity contribution in [1.82, 2.24) is 5.32 Å². The van der Waals surface area contributed by atoms with Crippen molar-refractivity contribution in [2.45, 2.75) is 39.3 Å². The summed E-state index contributed by atoms with van der Waals surface area (Å²) in [4.78, 5) is 0. The molecule has 1 heterocycles. The predicted molar refractivity (Wildman–Crippen MR) is 158 cm³/mol. The number of hydrogen-bond donors (Lipinski definition) is 1. The van der Waals surface area contributed by atoms with Gasteiger partial charge in [0, 0.05) is 11.0 Å². The molecule has 0 saturated heterocycles. The van der Waals surface area contributed by atoms with Crippen LogP contribution in [0.3, 0.4) is 0 Å². The molecule has 1 heteroatoms. The van der Waals surface area contributed by atoms with Crippen LogP contribution >= 0.6 is 0 Å². The molecule has 1 aliphatic heterocycles. The highest BCUT2D eigenvalue weighted by molar-refractivity contribution is 5.80. The second-order valence-corrected chi connectivity index (χ2v) is 10.6. The molecule has 0 aromatic heterocycles. The van der Waals surface area contributed by atoms with Gasteiger partial charge in [0.15, 0.2) is 0 Å². The van der Waals surface area contributed by atoms with Crippen LogP contribution in [0.2, 0.25) is 0 Å². The minimum Gasteiger partial charge on any atom is -0.301 e. The summed E-state index contributed by atoms with van der Waals surface area (Å²) in [5.74, 6) is 0. The van der Waals surface area contributed by atoms with E-state index in [4.69, 9.17) is 0 Å². The van der Waals surface area contributed by atoms with E-state index in [9.17, 15) is 0 Å². The fraction of sp³-hybridized carbons (Fsp3) is 0.200. The Kier molecular flexibility index (Phi) is 7.43. The summed E-state index contributed by atoms with van der Waals surface area (Å²) < 4.78 is 0. The molecule has 0 spiro atoms. The van der Waals surface area contributed by atoms with Gasteiger partial charge in [-0.05, 0) is 71.0 Å². The van der Waals surface area contributed by atoms with E-state index < -0.39 is 0 Å². The first kappa shape index (κ1) is 25.4. The Labute approximate surface area is 217 Å². The van der Waals surface area contributed by atoms with Crippen LogP contribution in [0.4, 0.5) is 0 Å². The third-order valence-electron chi connectivity index (χ3n) is 7.49. The molecule has 182 valence electrons. The van der Waals surface area contributed by atoms with Crippen LogP contribution in [0, 0.1) is 5.41 Å². The summed E-state index contributed by atoms with van der Waals surface area (Å²) in [5, 5.41) is 3.83. The molecule has 0 amide bonds. The molecule has 3 aromatic carbocycles. The van der Waals surface area contributed by atoms with Crippen molar-refractivity contribution >= 4 is 5.57 Å². The Morgan fingerprint density at radius 2 is 1.39 bits per heavy atom. The lowest BCUT2D eigenvalue weighted by atomic mass is 9.69. The SMILES string of the molecule is C=C/C=C\C1NC(C)(C)C(C)(C)C=C1/C=C(\C=C)c1cccc(-c2cccc(-c3ccccc3)c2)c1. The fourth-order valence-corrected chi connectivity index (χ4v) is 4.65. The van der Waals surface area contributed by atoms with Crippen LogP contribution in [0.15, 0.2) is 134 Å². The molecule has 36 heavy (non-hydrogen) atoms. The minimum atomic E-state index is -0.0431. The minimum absolute atomic E-state index is 0.0106. The lowest BCUT2D eigenvalue weighted by molar-refractivity contribution is 0.188. The average Bonchev–Trinajstić information content (AvgIpc) is 2.89. The van der Waals surface area contributed by atoms with E-state index in [-0.39, 0.29) is 17.0 Å². The molecule has 4 rings (SSSR count). The monoisotopic (exact) mass is 471 g/mol. The summed E-state index contributed by atoms with van der Waals surface area (Å²) in [6.07, 6.45) is 12.7. The Hall–Kier alpha value is -3.68. The van der Waals surface area contributed by atoms with E-state index in [2.05, 4.69) is 143 Å². The molecule has 0 bridgehead atoms. The second-order valence-electron chi connectivity index (χ2n) is 10.6. The van der Waals surface area contributed by atoms with Crippen molar-refractivity contribution < 1.29 is 0 Å². The van der Waals surface area contributed by atoms with Crippen molar-refractivity contribution in [3.8, 4) is 22.3 Å². The summed E-state index contributed by atoms with van der Waals surface area (Å²) in [5.41, 5.74) is 8.29. The van der Waals surface area contributed by atoms with Crippen molar-refractivity contribution in [3.63, 3.8) is 0 Å². The molecule has 1 N–H and O–H groups in total. The van der Waals surface area contributed by atoms with Crippen molar-refractivity contribution in [3.05, 3.63) is 140 Å². The predicted octanol–water partition coefficient (Wildman–Crippen LogP) is 9.04. The molecule has 0 saturated carbocycles. The maximum atomic E-state index is 4.16. The maximum absolute atomic E-state index is 4.16. The smallest absolute Gasteiger partial charge is 0.0510 e. The zero-order valence-electron chi connectivity index (χ0n) is 22.0. The summed E-state index contributed by atoms with van der Waals surface area (Å²) >= 11 is 0. The Morgan fingerprint density at radius 1 is 0.778 bits per heavy atom. The van der Waals surface area contributed by atoms with E-state index in [1.165, 1.54) is 27.8 Å². The molecule has 1 unspecified atom stereocenters. The van der Waals surface area contributed by atoms with Gasteiger partial charge in [0.25, 0.3) is 0 Å². The number of hydrogen-bond acceptors (Lipinski definition) is 1. The number of nitrogens with one attached hydrogen (secondary N) is 1. The highest BCUT2D eigenvalue weighted by Crippen LogP contribution is 2.39. The highest BCUT2D eigenvalue weighted by atomic mass is 15.0. The summed E-state index contributed by atoms with van der Waals surface area (Å²) in [7, 11) is 0. The normalized spacial score (nSPS) is 19.1. The van der Waals surface area contributed by atoms with Gasteiger partial charge in [0.05, 0.1) is 6.04 Å². The summed E-state index contributed by atoms with van der Waals surface area (Å²) in [6.45, 7) is 17.1. The van der Waals surface area contributed by atoms with Gasteiger partial charge < -0.3 is 5.32 Å². The van der Waals surface area contributed by atoms with Crippen molar-refractivity contribution in [2.24, 2.45) is 5.41 Å². The van der Waals surface area contributed by atoms with Crippen LogP contribution in [0.25, 0.3) is 27.8 Å². The van der Waals surface area contributed by atoms with Gasteiger partial charge in [-0.1, -0.05) is 124 Å². The van der Waals surface area contributed by atoms with E-state index in [0.29, 0.717) is 0 Å². The zero-order chi connectivity index (χ0) is 25.8. The molecule has 3 aromatic rings. The number of allylic oxidation sites excluding steroid dienone is 4. The van der Waals surface area contributed by atoms with E-state index >= 15 is 0 Å². The first-order valence-electron chi connectivity index (χ1n) is 12.6. The van der Waals surface area contributed by atoms with Crippen LogP contribution < -0.4 is 5.32 Å². The third-order valence-corrected chi connectivity index (χ3v) is 7.49. The van der Waals surface area contributed by atoms with Gasteiger partial charge in [-0.25, -0.2) is 0 Å². The lowest BCUT2D eigenvalue weighted by Crippen LogP contribution is -2.57. The lowest BCUT2D eigenvalue weighted by Gasteiger charge is -2.47. The highest BCUT2D eigenvalue weighted by Gasteiger charge is 2.40. The van der Waals surface area contributed by atoms with Crippen LogP contribution in [0.1, 0.15) is 33.3 Å². The van der Waals surface area contributed by atoms with Crippen molar-refractivity contribution in [1.29, 1.82) is 0 Å². The molecule has 0 radical (unpaired) electrons. The van der Waals surface area contributed by atoms with E-state index in [1.807, 2.05) is 18.2 Å². The summed E-state index contributed by atoms with van der Waals surface area (Å²) in [6, 6.07) is 28.1. The third kappa shape index (κ3) is 5.42. The number of rotatable bonds is 7. The zero-order valence-corrected chi connectivity index (χ0v) is 22.0. The largest absolute Gasteiger partial charge is 0.301 e. The molecule has 1 nitrogen and oxygen atoms in total. The number of benzene rings is 3. The average molecular weight is 472 g/mol. The van der Waals surface area contributed by atoms with Gasteiger partial charge in [0.2, 0.25) is 0 Å². The fourth-order valence-electron chi connectivity index (χ4n) is 4.65. The maximum Gasteiger partial charge on any atom is 0.0510 e. The first-order chi connectivity index (χ1) is 17.2. The molecule has 0 aliphatic carbocycles. The second kappa shape index (κ2) is 10.5. The molecular formula is C35H37N. The first-order valence-corrected chi connectivity index (χ1v) is 12.6. The van der Waals surface area contributed by atoms with Crippen LogP contribution in [-0.2, 0) is 0 Å².